The van der Waals surface area contributed by atoms with Crippen molar-refractivity contribution < 1.29 is 4.74 Å². The van der Waals surface area contributed by atoms with Crippen LogP contribution in [0.15, 0.2) is 18.3 Å². The summed E-state index contributed by atoms with van der Waals surface area (Å²) in [5.74, 6) is 0.934. The molecule has 1 saturated heterocycles. The first kappa shape index (κ1) is 12.3. The second-order valence-electron chi connectivity index (χ2n) is 4.41. The second-order valence-corrected chi connectivity index (χ2v) is 4.41. The Labute approximate surface area is 103 Å². The third-order valence-electron chi connectivity index (χ3n) is 3.29. The van der Waals surface area contributed by atoms with Gasteiger partial charge in [0.1, 0.15) is 5.82 Å². The van der Waals surface area contributed by atoms with E-state index in [1.807, 2.05) is 13.2 Å². The number of hydrogen-bond donors (Lipinski definition) is 1. The lowest BCUT2D eigenvalue weighted by atomic mass is 10.1. The van der Waals surface area contributed by atoms with E-state index in [2.05, 4.69) is 34.3 Å². The van der Waals surface area contributed by atoms with Crippen LogP contribution in [0.3, 0.4) is 0 Å². The first-order valence-electron chi connectivity index (χ1n) is 6.28. The summed E-state index contributed by atoms with van der Waals surface area (Å²) in [5.41, 5.74) is 1.31. The van der Waals surface area contributed by atoms with Crippen molar-refractivity contribution in [2.24, 2.45) is 0 Å². The van der Waals surface area contributed by atoms with Crippen molar-refractivity contribution in [2.45, 2.75) is 25.9 Å². The SMILES string of the molecule is CCC1COCCN1Cc1ccnc(NC)c1. The van der Waals surface area contributed by atoms with E-state index in [1.165, 1.54) is 5.56 Å². The maximum Gasteiger partial charge on any atom is 0.125 e. The number of aromatic nitrogens is 1. The van der Waals surface area contributed by atoms with Crippen molar-refractivity contribution in [1.82, 2.24) is 9.88 Å². The molecule has 1 aliphatic rings. The monoisotopic (exact) mass is 235 g/mol. The van der Waals surface area contributed by atoms with Gasteiger partial charge in [0.25, 0.3) is 0 Å². The summed E-state index contributed by atoms with van der Waals surface area (Å²) in [6, 6.07) is 4.75. The molecule has 4 heteroatoms. The minimum absolute atomic E-state index is 0.551. The van der Waals surface area contributed by atoms with E-state index < -0.39 is 0 Å². The van der Waals surface area contributed by atoms with E-state index in [9.17, 15) is 0 Å². The first-order valence-corrected chi connectivity index (χ1v) is 6.28. The van der Waals surface area contributed by atoms with Gasteiger partial charge in [0.2, 0.25) is 0 Å². The number of ether oxygens (including phenoxy) is 1. The molecule has 1 fully saturated rings. The minimum atomic E-state index is 0.551. The average Bonchev–Trinajstić information content (AvgIpc) is 2.39. The second kappa shape index (κ2) is 5.98. The Morgan fingerprint density at radius 2 is 2.47 bits per heavy atom. The molecule has 1 N–H and O–H groups in total. The van der Waals surface area contributed by atoms with E-state index in [1.54, 1.807) is 0 Å². The van der Waals surface area contributed by atoms with Gasteiger partial charge in [-0.05, 0) is 24.1 Å². The normalized spacial score (nSPS) is 21.4. The van der Waals surface area contributed by atoms with Crippen molar-refractivity contribution in [3.63, 3.8) is 0 Å². The Bertz CT molecular complexity index is 356. The molecule has 0 saturated carbocycles. The Kier molecular flexibility index (Phi) is 4.34. The molecule has 1 aromatic rings. The molecule has 0 amide bonds. The van der Waals surface area contributed by atoms with Crippen molar-refractivity contribution in [3.05, 3.63) is 23.9 Å². The molecular formula is C13H21N3O. The summed E-state index contributed by atoms with van der Waals surface area (Å²) >= 11 is 0. The number of rotatable bonds is 4. The van der Waals surface area contributed by atoms with Crippen molar-refractivity contribution in [1.29, 1.82) is 0 Å². The van der Waals surface area contributed by atoms with Gasteiger partial charge in [-0.3, -0.25) is 4.90 Å². The van der Waals surface area contributed by atoms with Gasteiger partial charge in [-0.2, -0.15) is 0 Å². The molecule has 0 radical (unpaired) electrons. The van der Waals surface area contributed by atoms with Crippen LogP contribution in [0, 0.1) is 0 Å². The third kappa shape index (κ3) is 3.17. The van der Waals surface area contributed by atoms with Crippen LogP contribution in [0.1, 0.15) is 18.9 Å². The van der Waals surface area contributed by atoms with Crippen LogP contribution >= 0.6 is 0 Å². The number of pyridine rings is 1. The average molecular weight is 235 g/mol. The van der Waals surface area contributed by atoms with Crippen LogP contribution in [-0.4, -0.2) is 42.7 Å². The van der Waals surface area contributed by atoms with Crippen molar-refractivity contribution >= 4 is 5.82 Å². The lowest BCUT2D eigenvalue weighted by Crippen LogP contribution is -2.44. The molecule has 1 aromatic heterocycles. The van der Waals surface area contributed by atoms with E-state index in [0.29, 0.717) is 6.04 Å². The zero-order valence-electron chi connectivity index (χ0n) is 10.6. The van der Waals surface area contributed by atoms with Crippen LogP contribution < -0.4 is 5.32 Å². The van der Waals surface area contributed by atoms with Crippen molar-refractivity contribution in [3.8, 4) is 0 Å². The number of hydrogen-bond acceptors (Lipinski definition) is 4. The lowest BCUT2D eigenvalue weighted by Gasteiger charge is -2.35. The van der Waals surface area contributed by atoms with Gasteiger partial charge in [0.05, 0.1) is 13.2 Å². The van der Waals surface area contributed by atoms with E-state index in [-0.39, 0.29) is 0 Å². The highest BCUT2D eigenvalue weighted by molar-refractivity contribution is 5.36. The maximum absolute atomic E-state index is 5.52. The fourth-order valence-electron chi connectivity index (χ4n) is 2.22. The minimum Gasteiger partial charge on any atom is -0.378 e. The van der Waals surface area contributed by atoms with Gasteiger partial charge in [-0.15, -0.1) is 0 Å². The zero-order chi connectivity index (χ0) is 12.1. The fraction of sp³-hybridized carbons (Fsp3) is 0.615. The first-order chi connectivity index (χ1) is 8.33. The number of morpholine rings is 1. The third-order valence-corrected chi connectivity index (χ3v) is 3.29. The van der Waals surface area contributed by atoms with Crippen LogP contribution in [0.25, 0.3) is 0 Å². The molecule has 2 rings (SSSR count). The summed E-state index contributed by atoms with van der Waals surface area (Å²) in [6.45, 7) is 5.94. The van der Waals surface area contributed by atoms with E-state index >= 15 is 0 Å². The van der Waals surface area contributed by atoms with Gasteiger partial charge in [-0.25, -0.2) is 4.98 Å². The molecule has 0 bridgehead atoms. The Hall–Kier alpha value is -1.13. The predicted octanol–water partition coefficient (Wildman–Crippen LogP) is 1.73. The fourth-order valence-corrected chi connectivity index (χ4v) is 2.22. The molecule has 0 spiro atoms. The van der Waals surface area contributed by atoms with Crippen molar-refractivity contribution in [2.75, 3.05) is 32.1 Å². The van der Waals surface area contributed by atoms with E-state index in [4.69, 9.17) is 4.74 Å². The zero-order valence-corrected chi connectivity index (χ0v) is 10.6. The van der Waals surface area contributed by atoms with Crippen LogP contribution in [-0.2, 0) is 11.3 Å². The molecule has 94 valence electrons. The lowest BCUT2D eigenvalue weighted by molar-refractivity contribution is -0.0127. The molecule has 0 aromatic carbocycles. The summed E-state index contributed by atoms with van der Waals surface area (Å²) < 4.78 is 5.52. The van der Waals surface area contributed by atoms with Crippen LogP contribution in [0.4, 0.5) is 5.82 Å². The Morgan fingerprint density at radius 1 is 1.59 bits per heavy atom. The molecule has 1 unspecified atom stereocenters. The van der Waals surface area contributed by atoms with Gasteiger partial charge in [0.15, 0.2) is 0 Å². The number of nitrogens with one attached hydrogen (secondary N) is 1. The molecule has 4 nitrogen and oxygen atoms in total. The highest BCUT2D eigenvalue weighted by Crippen LogP contribution is 2.15. The summed E-state index contributed by atoms with van der Waals surface area (Å²) in [5, 5.41) is 3.08. The summed E-state index contributed by atoms with van der Waals surface area (Å²) in [4.78, 5) is 6.73. The largest absolute Gasteiger partial charge is 0.378 e. The Balaban J connectivity index is 2.02. The smallest absolute Gasteiger partial charge is 0.125 e. The Morgan fingerprint density at radius 3 is 3.24 bits per heavy atom. The molecular weight excluding hydrogens is 214 g/mol. The standard InChI is InChI=1S/C13H21N3O/c1-3-12-10-17-7-6-16(12)9-11-4-5-15-13(8-11)14-2/h4-5,8,12H,3,6-7,9-10H2,1-2H3,(H,14,15). The summed E-state index contributed by atoms with van der Waals surface area (Å²) in [6.07, 6.45) is 3.01. The van der Waals surface area contributed by atoms with Gasteiger partial charge >= 0.3 is 0 Å². The summed E-state index contributed by atoms with van der Waals surface area (Å²) in [7, 11) is 1.90. The molecule has 1 aliphatic heterocycles. The van der Waals surface area contributed by atoms with Gasteiger partial charge in [-0.1, -0.05) is 6.92 Å². The number of anilines is 1. The van der Waals surface area contributed by atoms with E-state index in [0.717, 1.165) is 38.5 Å². The number of nitrogens with zero attached hydrogens (tertiary/aromatic N) is 2. The molecule has 0 aliphatic carbocycles. The predicted molar refractivity (Wildman–Crippen MR) is 69.1 cm³/mol. The van der Waals surface area contributed by atoms with Gasteiger partial charge < -0.3 is 10.1 Å². The topological polar surface area (TPSA) is 37.4 Å². The molecule has 2 heterocycles. The van der Waals surface area contributed by atoms with Crippen LogP contribution in [0.2, 0.25) is 0 Å². The van der Waals surface area contributed by atoms with Gasteiger partial charge in [0, 0.05) is 32.4 Å². The quantitative estimate of drug-likeness (QED) is 0.862. The van der Waals surface area contributed by atoms with Crippen LogP contribution in [0.5, 0.6) is 0 Å². The highest BCUT2D eigenvalue weighted by atomic mass is 16.5. The molecule has 17 heavy (non-hydrogen) atoms. The molecule has 1 atom stereocenters. The highest BCUT2D eigenvalue weighted by Gasteiger charge is 2.21. The maximum atomic E-state index is 5.52.